The van der Waals surface area contributed by atoms with E-state index in [0.717, 1.165) is 0 Å². The monoisotopic (exact) mass is 264 g/mol. The minimum Gasteiger partial charge on any atom is -0.228 e. The summed E-state index contributed by atoms with van der Waals surface area (Å²) in [5, 5.41) is 0. The molecule has 108 valence electrons. The molecule has 0 aromatic heterocycles. The third-order valence-corrected chi connectivity index (χ3v) is 1.91. The molecule has 0 aromatic carbocycles. The van der Waals surface area contributed by atoms with Gasteiger partial charge in [-0.3, -0.25) is 0 Å². The van der Waals surface area contributed by atoms with Gasteiger partial charge in [-0.25, -0.2) is 9.78 Å². The molecule has 1 fully saturated rings. The van der Waals surface area contributed by atoms with E-state index in [-0.39, 0.29) is 0 Å². The Labute approximate surface area is 108 Å². The van der Waals surface area contributed by atoms with E-state index in [4.69, 9.17) is 29.3 Å². The molecule has 0 bridgehead atoms. The zero-order chi connectivity index (χ0) is 14.0. The van der Waals surface area contributed by atoms with Crippen LogP contribution in [0.3, 0.4) is 0 Å². The lowest BCUT2D eigenvalue weighted by atomic mass is 10.2. The number of hydrogen-bond acceptors (Lipinski definition) is 6. The highest BCUT2D eigenvalue weighted by molar-refractivity contribution is 4.74. The zero-order valence-electron chi connectivity index (χ0n) is 12.2. The predicted octanol–water partition coefficient (Wildman–Crippen LogP) is 2.87. The number of hydrogen-bond donors (Lipinski definition) is 0. The van der Waals surface area contributed by atoms with Gasteiger partial charge in [-0.15, -0.1) is 0 Å². The van der Waals surface area contributed by atoms with Crippen LogP contribution in [0.1, 0.15) is 54.9 Å². The first kappa shape index (κ1) is 15.8. The molecule has 1 saturated heterocycles. The van der Waals surface area contributed by atoms with E-state index >= 15 is 0 Å². The molecule has 0 radical (unpaired) electrons. The second-order valence-corrected chi connectivity index (χ2v) is 6.25. The Bertz CT molecular complexity index is 243. The summed E-state index contributed by atoms with van der Waals surface area (Å²) in [6, 6.07) is 0. The summed E-state index contributed by atoms with van der Waals surface area (Å²) in [5.74, 6) is -1.22. The van der Waals surface area contributed by atoms with E-state index in [1.165, 1.54) is 0 Å². The normalized spacial score (nSPS) is 18.2. The third-order valence-electron chi connectivity index (χ3n) is 1.91. The highest BCUT2D eigenvalue weighted by Crippen LogP contribution is 2.36. The molecule has 1 aliphatic heterocycles. The quantitative estimate of drug-likeness (QED) is 0.318. The summed E-state index contributed by atoms with van der Waals surface area (Å²) < 4.78 is 0. The van der Waals surface area contributed by atoms with Crippen LogP contribution >= 0.6 is 0 Å². The molecule has 0 unspecified atom stereocenters. The number of rotatable bonds is 6. The van der Waals surface area contributed by atoms with Gasteiger partial charge in [-0.1, -0.05) is 6.92 Å². The molecule has 0 N–H and O–H groups in total. The van der Waals surface area contributed by atoms with Crippen LogP contribution in [-0.4, -0.2) is 23.3 Å². The van der Waals surface area contributed by atoms with Gasteiger partial charge >= 0.3 is 0 Å². The van der Waals surface area contributed by atoms with E-state index in [0.29, 0.717) is 6.42 Å². The van der Waals surface area contributed by atoms with Gasteiger partial charge in [0.05, 0.1) is 11.2 Å². The Morgan fingerprint density at radius 1 is 0.778 bits per heavy atom. The fourth-order valence-corrected chi connectivity index (χ4v) is 0.942. The third kappa shape index (κ3) is 5.17. The first-order chi connectivity index (χ1) is 8.08. The highest BCUT2D eigenvalue weighted by Gasteiger charge is 2.55. The van der Waals surface area contributed by atoms with Crippen molar-refractivity contribution in [3.63, 3.8) is 0 Å². The molecule has 1 aliphatic rings. The van der Waals surface area contributed by atoms with Gasteiger partial charge in [-0.05, 0) is 41.5 Å². The Morgan fingerprint density at radius 3 is 1.39 bits per heavy atom. The second-order valence-electron chi connectivity index (χ2n) is 6.25. The Balaban J connectivity index is 2.63. The molecule has 1 rings (SSSR count). The molecule has 0 atom stereocenters. The molecule has 0 saturated carbocycles. The van der Waals surface area contributed by atoms with Gasteiger partial charge in [0.25, 0.3) is 12.1 Å². The smallest absolute Gasteiger partial charge is 0.228 e. The van der Waals surface area contributed by atoms with E-state index in [2.05, 4.69) is 0 Å². The summed E-state index contributed by atoms with van der Waals surface area (Å²) in [6.45, 7) is 13.1. The minimum atomic E-state index is -1.22. The largest absolute Gasteiger partial charge is 0.289 e. The lowest BCUT2D eigenvalue weighted by molar-refractivity contribution is -0.546. The minimum absolute atomic E-state index is 0.448. The SMILES string of the molecule is CCC(OOC(C)(C)C)(OOC(C)(C)C)C1OO1. The average Bonchev–Trinajstić information content (AvgIpc) is 3.00. The maximum Gasteiger partial charge on any atom is 0.289 e. The van der Waals surface area contributed by atoms with Gasteiger partial charge in [0.15, 0.2) is 0 Å². The highest BCUT2D eigenvalue weighted by atomic mass is 17.4. The van der Waals surface area contributed by atoms with Crippen LogP contribution in [0.2, 0.25) is 0 Å². The van der Waals surface area contributed by atoms with Crippen molar-refractivity contribution in [2.75, 3.05) is 0 Å². The molecule has 0 aromatic rings. The van der Waals surface area contributed by atoms with Crippen molar-refractivity contribution in [3.05, 3.63) is 0 Å². The van der Waals surface area contributed by atoms with E-state index in [1.807, 2.05) is 48.5 Å². The molecule has 6 nitrogen and oxygen atoms in total. The van der Waals surface area contributed by atoms with Crippen LogP contribution in [0.5, 0.6) is 0 Å². The first-order valence-corrected chi connectivity index (χ1v) is 6.14. The van der Waals surface area contributed by atoms with Crippen molar-refractivity contribution in [3.8, 4) is 0 Å². The molecular weight excluding hydrogens is 240 g/mol. The van der Waals surface area contributed by atoms with Crippen molar-refractivity contribution in [1.82, 2.24) is 0 Å². The molecule has 6 heteroatoms. The van der Waals surface area contributed by atoms with Crippen molar-refractivity contribution >= 4 is 0 Å². The molecule has 1 heterocycles. The molecule has 0 spiro atoms. The van der Waals surface area contributed by atoms with Crippen LogP contribution in [-0.2, 0) is 29.3 Å². The van der Waals surface area contributed by atoms with Crippen molar-refractivity contribution in [2.45, 2.75) is 78.2 Å². The molecule has 0 amide bonds. The zero-order valence-corrected chi connectivity index (χ0v) is 12.2. The Hall–Kier alpha value is -0.240. The molecular formula is C12H24O6. The summed E-state index contributed by atoms with van der Waals surface area (Å²) >= 11 is 0. The van der Waals surface area contributed by atoms with Gasteiger partial charge in [0.2, 0.25) is 0 Å². The lowest BCUT2D eigenvalue weighted by Crippen LogP contribution is -2.45. The van der Waals surface area contributed by atoms with E-state index in [1.54, 1.807) is 0 Å². The van der Waals surface area contributed by atoms with Crippen LogP contribution < -0.4 is 0 Å². The van der Waals surface area contributed by atoms with Crippen LogP contribution in [0.25, 0.3) is 0 Å². The first-order valence-electron chi connectivity index (χ1n) is 6.14. The lowest BCUT2D eigenvalue weighted by Gasteiger charge is -2.32. The average molecular weight is 264 g/mol. The van der Waals surface area contributed by atoms with Gasteiger partial charge in [-0.2, -0.15) is 19.6 Å². The predicted molar refractivity (Wildman–Crippen MR) is 62.8 cm³/mol. The van der Waals surface area contributed by atoms with Gasteiger partial charge in [0, 0.05) is 6.42 Å². The molecule has 0 aliphatic carbocycles. The summed E-state index contributed by atoms with van der Waals surface area (Å²) in [4.78, 5) is 30.9. The Kier molecular flexibility index (Phi) is 4.75. The van der Waals surface area contributed by atoms with Crippen molar-refractivity contribution < 1.29 is 29.3 Å². The Morgan fingerprint density at radius 2 is 1.17 bits per heavy atom. The fourth-order valence-electron chi connectivity index (χ4n) is 0.942. The summed E-state index contributed by atoms with van der Waals surface area (Å²) in [7, 11) is 0. The maximum absolute atomic E-state index is 5.37. The topological polar surface area (TPSA) is 62.0 Å². The molecule has 18 heavy (non-hydrogen) atoms. The van der Waals surface area contributed by atoms with Crippen LogP contribution in [0.4, 0.5) is 0 Å². The maximum atomic E-state index is 5.37. The van der Waals surface area contributed by atoms with Crippen molar-refractivity contribution in [2.24, 2.45) is 0 Å². The second kappa shape index (κ2) is 5.40. The van der Waals surface area contributed by atoms with E-state index in [9.17, 15) is 0 Å². The van der Waals surface area contributed by atoms with Gasteiger partial charge in [0.1, 0.15) is 0 Å². The fraction of sp³-hybridized carbons (Fsp3) is 1.00. The summed E-state index contributed by atoms with van der Waals surface area (Å²) in [6.07, 6.45) is -0.198. The van der Waals surface area contributed by atoms with Crippen LogP contribution in [0, 0.1) is 0 Å². The van der Waals surface area contributed by atoms with E-state index < -0.39 is 23.3 Å². The summed E-state index contributed by atoms with van der Waals surface area (Å²) in [5.41, 5.74) is -0.944. The van der Waals surface area contributed by atoms with Crippen LogP contribution in [0.15, 0.2) is 0 Å². The van der Waals surface area contributed by atoms with Crippen molar-refractivity contribution in [1.29, 1.82) is 0 Å². The van der Waals surface area contributed by atoms with Gasteiger partial charge < -0.3 is 0 Å². The standard InChI is InChI=1S/C12H24O6/c1-8-12(9-13-14-9,17-15-10(2,3)4)18-16-11(5,6)7/h9H,8H2,1-7H3.